The van der Waals surface area contributed by atoms with E-state index >= 15 is 0 Å². The van der Waals surface area contributed by atoms with Gasteiger partial charge in [0.25, 0.3) is 0 Å². The molecule has 130 valence electrons. The van der Waals surface area contributed by atoms with Gasteiger partial charge in [0.1, 0.15) is 0 Å². The molecule has 0 radical (unpaired) electrons. The van der Waals surface area contributed by atoms with Crippen molar-refractivity contribution >= 4 is 23.6 Å². The van der Waals surface area contributed by atoms with E-state index in [0.29, 0.717) is 12.3 Å². The fraction of sp³-hybridized carbons (Fsp3) is 0.579. The molecule has 0 aromatic heterocycles. The molecule has 2 aliphatic rings. The Bertz CT molecular complexity index is 550. The highest BCUT2D eigenvalue weighted by Gasteiger charge is 2.30. The van der Waals surface area contributed by atoms with Crippen molar-refractivity contribution in [1.82, 2.24) is 9.80 Å². The van der Waals surface area contributed by atoms with Crippen LogP contribution in [-0.2, 0) is 9.59 Å². The van der Waals surface area contributed by atoms with Gasteiger partial charge in [0.05, 0.1) is 0 Å². The first-order chi connectivity index (χ1) is 11.7. The number of benzene rings is 1. The monoisotopic (exact) mass is 346 g/mol. The Morgan fingerprint density at radius 3 is 2.29 bits per heavy atom. The van der Waals surface area contributed by atoms with Crippen molar-refractivity contribution < 1.29 is 9.59 Å². The van der Waals surface area contributed by atoms with Gasteiger partial charge in [-0.2, -0.15) is 0 Å². The predicted molar refractivity (Wildman–Crippen MR) is 96.9 cm³/mol. The van der Waals surface area contributed by atoms with E-state index in [0.717, 1.165) is 57.6 Å². The molecule has 0 atom stereocenters. The minimum absolute atomic E-state index is 0.130. The summed E-state index contributed by atoms with van der Waals surface area (Å²) in [4.78, 5) is 29.9. The first-order valence-corrected chi connectivity index (χ1v) is 9.97. The minimum atomic E-state index is 0.130. The molecule has 2 amide bonds. The standard InChI is InChI=1S/C19H26N2O2S/c22-18(10-15-24-17-6-2-1-3-7-17)20-13-8-16(9-14-20)19(23)21-11-4-5-12-21/h1-3,6-7,16H,4-5,8-15H2. The first-order valence-electron chi connectivity index (χ1n) is 8.98. The Kier molecular flexibility index (Phi) is 6.18. The highest BCUT2D eigenvalue weighted by atomic mass is 32.2. The third-order valence-corrected chi connectivity index (χ3v) is 5.96. The van der Waals surface area contributed by atoms with E-state index in [-0.39, 0.29) is 11.8 Å². The number of piperidine rings is 1. The summed E-state index contributed by atoms with van der Waals surface area (Å²) in [5, 5.41) is 0. The molecule has 0 N–H and O–H groups in total. The Hall–Kier alpha value is -1.49. The van der Waals surface area contributed by atoms with Gasteiger partial charge in [0.15, 0.2) is 0 Å². The molecule has 4 nitrogen and oxygen atoms in total. The zero-order valence-corrected chi connectivity index (χ0v) is 15.0. The molecule has 0 unspecified atom stereocenters. The lowest BCUT2D eigenvalue weighted by Gasteiger charge is -2.33. The highest BCUT2D eigenvalue weighted by molar-refractivity contribution is 7.99. The molecule has 2 fully saturated rings. The van der Waals surface area contributed by atoms with Gasteiger partial charge in [-0.1, -0.05) is 18.2 Å². The fourth-order valence-corrected chi connectivity index (χ4v) is 4.36. The number of likely N-dealkylation sites (tertiary alicyclic amines) is 2. The summed E-state index contributed by atoms with van der Waals surface area (Å²) in [5.41, 5.74) is 0. The molecule has 5 heteroatoms. The maximum atomic E-state index is 12.4. The Labute approximate surface area is 148 Å². The Morgan fingerprint density at radius 2 is 1.62 bits per heavy atom. The average molecular weight is 346 g/mol. The van der Waals surface area contributed by atoms with Crippen LogP contribution in [0.5, 0.6) is 0 Å². The summed E-state index contributed by atoms with van der Waals surface area (Å²) in [6.07, 6.45) is 4.51. The SMILES string of the molecule is O=C(CCSc1ccccc1)N1CCC(C(=O)N2CCCC2)CC1. The smallest absolute Gasteiger partial charge is 0.225 e. The molecule has 2 heterocycles. The molecule has 24 heavy (non-hydrogen) atoms. The fourth-order valence-electron chi connectivity index (χ4n) is 3.50. The average Bonchev–Trinajstić information content (AvgIpc) is 3.17. The molecule has 1 aromatic carbocycles. The third kappa shape index (κ3) is 4.53. The van der Waals surface area contributed by atoms with Crippen LogP contribution in [0.3, 0.4) is 0 Å². The first kappa shape index (κ1) is 17.3. The van der Waals surface area contributed by atoms with E-state index in [1.807, 2.05) is 28.0 Å². The quantitative estimate of drug-likeness (QED) is 0.770. The van der Waals surface area contributed by atoms with Gasteiger partial charge in [-0.15, -0.1) is 11.8 Å². The maximum absolute atomic E-state index is 12.4. The zero-order chi connectivity index (χ0) is 16.8. The van der Waals surface area contributed by atoms with E-state index in [4.69, 9.17) is 0 Å². The van der Waals surface area contributed by atoms with Crippen molar-refractivity contribution in [3.8, 4) is 0 Å². The summed E-state index contributed by atoms with van der Waals surface area (Å²) >= 11 is 1.73. The summed E-state index contributed by atoms with van der Waals surface area (Å²) in [6, 6.07) is 10.2. The van der Waals surface area contributed by atoms with Crippen LogP contribution < -0.4 is 0 Å². The maximum Gasteiger partial charge on any atom is 0.225 e. The van der Waals surface area contributed by atoms with Crippen molar-refractivity contribution in [1.29, 1.82) is 0 Å². The number of hydrogen-bond donors (Lipinski definition) is 0. The topological polar surface area (TPSA) is 40.6 Å². The third-order valence-electron chi connectivity index (χ3n) is 4.94. The van der Waals surface area contributed by atoms with Crippen LogP contribution in [-0.4, -0.2) is 53.5 Å². The Balaban J connectivity index is 1.38. The van der Waals surface area contributed by atoms with Gasteiger partial charge in [0, 0.05) is 49.2 Å². The van der Waals surface area contributed by atoms with Crippen molar-refractivity contribution in [3.05, 3.63) is 30.3 Å². The van der Waals surface area contributed by atoms with Crippen molar-refractivity contribution in [2.75, 3.05) is 31.9 Å². The lowest BCUT2D eigenvalue weighted by Crippen LogP contribution is -2.43. The number of amides is 2. The van der Waals surface area contributed by atoms with Gasteiger partial charge in [-0.05, 0) is 37.8 Å². The van der Waals surface area contributed by atoms with E-state index in [1.54, 1.807) is 11.8 Å². The second-order valence-electron chi connectivity index (χ2n) is 6.60. The summed E-state index contributed by atoms with van der Waals surface area (Å²) in [6.45, 7) is 3.32. The molecular weight excluding hydrogens is 320 g/mol. The number of hydrogen-bond acceptors (Lipinski definition) is 3. The molecule has 0 saturated carbocycles. The van der Waals surface area contributed by atoms with Gasteiger partial charge < -0.3 is 9.80 Å². The molecular formula is C19H26N2O2S. The van der Waals surface area contributed by atoms with E-state index in [2.05, 4.69) is 12.1 Å². The number of carbonyl (C=O) groups excluding carboxylic acids is 2. The highest BCUT2D eigenvalue weighted by Crippen LogP contribution is 2.23. The zero-order valence-electron chi connectivity index (χ0n) is 14.2. The lowest BCUT2D eigenvalue weighted by molar-refractivity contribution is -0.139. The summed E-state index contributed by atoms with van der Waals surface area (Å²) in [5.74, 6) is 1.49. The number of carbonyl (C=O) groups is 2. The van der Waals surface area contributed by atoms with Crippen LogP contribution in [0, 0.1) is 5.92 Å². The van der Waals surface area contributed by atoms with E-state index in [9.17, 15) is 9.59 Å². The largest absolute Gasteiger partial charge is 0.343 e. The summed E-state index contributed by atoms with van der Waals surface area (Å²) in [7, 11) is 0. The molecule has 1 aromatic rings. The number of thioether (sulfide) groups is 1. The summed E-state index contributed by atoms with van der Waals surface area (Å²) < 4.78 is 0. The van der Waals surface area contributed by atoms with E-state index in [1.165, 1.54) is 4.90 Å². The van der Waals surface area contributed by atoms with Gasteiger partial charge in [0.2, 0.25) is 11.8 Å². The van der Waals surface area contributed by atoms with Crippen molar-refractivity contribution in [2.24, 2.45) is 5.92 Å². The van der Waals surface area contributed by atoms with Crippen LogP contribution in [0.4, 0.5) is 0 Å². The van der Waals surface area contributed by atoms with Crippen LogP contribution in [0.2, 0.25) is 0 Å². The van der Waals surface area contributed by atoms with Crippen LogP contribution in [0.15, 0.2) is 35.2 Å². The van der Waals surface area contributed by atoms with Crippen molar-refractivity contribution in [3.63, 3.8) is 0 Å². The minimum Gasteiger partial charge on any atom is -0.343 e. The Morgan fingerprint density at radius 1 is 0.958 bits per heavy atom. The molecule has 3 rings (SSSR count). The second kappa shape index (κ2) is 8.56. The van der Waals surface area contributed by atoms with E-state index < -0.39 is 0 Å². The number of nitrogens with zero attached hydrogens (tertiary/aromatic N) is 2. The normalized spacial score (nSPS) is 18.8. The van der Waals surface area contributed by atoms with Gasteiger partial charge >= 0.3 is 0 Å². The molecule has 2 aliphatic heterocycles. The molecule has 0 bridgehead atoms. The van der Waals surface area contributed by atoms with Crippen LogP contribution in [0.25, 0.3) is 0 Å². The molecule has 2 saturated heterocycles. The van der Waals surface area contributed by atoms with Crippen LogP contribution >= 0.6 is 11.8 Å². The molecule has 0 spiro atoms. The van der Waals surface area contributed by atoms with Gasteiger partial charge in [-0.25, -0.2) is 0 Å². The van der Waals surface area contributed by atoms with Crippen LogP contribution in [0.1, 0.15) is 32.1 Å². The van der Waals surface area contributed by atoms with Crippen molar-refractivity contribution in [2.45, 2.75) is 37.0 Å². The van der Waals surface area contributed by atoms with Gasteiger partial charge in [-0.3, -0.25) is 9.59 Å². The second-order valence-corrected chi connectivity index (χ2v) is 7.77. The number of rotatable bonds is 5. The predicted octanol–water partition coefficient (Wildman–Crippen LogP) is 3.03. The molecule has 0 aliphatic carbocycles. The lowest BCUT2D eigenvalue weighted by atomic mass is 9.95.